The smallest absolute Gasteiger partial charge is 0.244 e. The second-order valence-electron chi connectivity index (χ2n) is 4.07. The van der Waals surface area contributed by atoms with Gasteiger partial charge in [-0.25, -0.2) is 4.68 Å². The third-order valence-electron chi connectivity index (χ3n) is 2.60. The second-order valence-corrected chi connectivity index (χ2v) is 4.07. The van der Waals surface area contributed by atoms with Gasteiger partial charge in [0.1, 0.15) is 6.54 Å². The van der Waals surface area contributed by atoms with E-state index in [1.54, 1.807) is 6.20 Å². The van der Waals surface area contributed by atoms with Crippen LogP contribution in [0, 0.1) is 0 Å². The van der Waals surface area contributed by atoms with Crippen molar-refractivity contribution in [3.8, 4) is 0 Å². The molecule has 2 amide bonds. The fourth-order valence-corrected chi connectivity index (χ4v) is 1.82. The molecule has 1 aliphatic heterocycles. The Bertz CT molecular complexity index is 422. The molecule has 1 saturated heterocycles. The molecule has 0 bridgehead atoms. The number of hydrogen-bond donors (Lipinski definition) is 1. The van der Waals surface area contributed by atoms with Gasteiger partial charge in [-0.2, -0.15) is 0 Å². The van der Waals surface area contributed by atoms with Gasteiger partial charge in [0.2, 0.25) is 11.8 Å². The van der Waals surface area contributed by atoms with Crippen molar-refractivity contribution in [1.82, 2.24) is 19.9 Å². The maximum absolute atomic E-state index is 11.8. The van der Waals surface area contributed by atoms with Gasteiger partial charge in [-0.05, 0) is 12.8 Å². The number of likely N-dealkylation sites (tertiary alicyclic amines) is 1. The SMILES string of the molecule is CC(=O)Nc1cn(CC(=O)N2CCCC2)nn1. The quantitative estimate of drug-likeness (QED) is 0.793. The molecular formula is C10H15N5O2. The number of amides is 2. The lowest BCUT2D eigenvalue weighted by Crippen LogP contribution is -2.31. The van der Waals surface area contributed by atoms with E-state index in [1.807, 2.05) is 4.90 Å². The van der Waals surface area contributed by atoms with Crippen LogP contribution in [0.15, 0.2) is 6.20 Å². The van der Waals surface area contributed by atoms with E-state index in [1.165, 1.54) is 11.6 Å². The molecule has 0 aliphatic carbocycles. The van der Waals surface area contributed by atoms with Gasteiger partial charge in [-0.15, -0.1) is 5.10 Å². The first-order valence-corrected chi connectivity index (χ1v) is 5.60. The van der Waals surface area contributed by atoms with Crippen molar-refractivity contribution in [1.29, 1.82) is 0 Å². The molecule has 0 spiro atoms. The summed E-state index contributed by atoms with van der Waals surface area (Å²) in [6.45, 7) is 3.22. The third kappa shape index (κ3) is 3.02. The zero-order valence-corrected chi connectivity index (χ0v) is 9.72. The van der Waals surface area contributed by atoms with E-state index in [2.05, 4.69) is 15.6 Å². The number of nitrogens with zero attached hydrogens (tertiary/aromatic N) is 4. The third-order valence-corrected chi connectivity index (χ3v) is 2.60. The second kappa shape index (κ2) is 4.94. The molecule has 1 N–H and O–H groups in total. The Morgan fingerprint density at radius 2 is 2.12 bits per heavy atom. The topological polar surface area (TPSA) is 80.1 Å². The minimum absolute atomic E-state index is 0.0433. The maximum Gasteiger partial charge on any atom is 0.244 e. The summed E-state index contributed by atoms with van der Waals surface area (Å²) in [5.74, 6) is 0.205. The number of rotatable bonds is 3. The molecular weight excluding hydrogens is 222 g/mol. The van der Waals surface area contributed by atoms with Crippen molar-refractivity contribution in [2.45, 2.75) is 26.3 Å². The Kier molecular flexibility index (Phi) is 3.36. The van der Waals surface area contributed by atoms with E-state index in [0.29, 0.717) is 5.82 Å². The van der Waals surface area contributed by atoms with E-state index < -0.39 is 0 Å². The highest BCUT2D eigenvalue weighted by molar-refractivity contribution is 5.87. The lowest BCUT2D eigenvalue weighted by Gasteiger charge is -2.14. The standard InChI is InChI=1S/C10H15N5O2/c1-8(16)11-9-6-15(13-12-9)7-10(17)14-4-2-3-5-14/h6H,2-5,7H2,1H3,(H,11,16). The zero-order valence-electron chi connectivity index (χ0n) is 9.72. The molecule has 7 nitrogen and oxygen atoms in total. The lowest BCUT2D eigenvalue weighted by atomic mass is 10.4. The van der Waals surface area contributed by atoms with Gasteiger partial charge in [-0.1, -0.05) is 5.21 Å². The molecule has 7 heteroatoms. The number of anilines is 1. The fourth-order valence-electron chi connectivity index (χ4n) is 1.82. The van der Waals surface area contributed by atoms with Crippen molar-refractivity contribution in [3.63, 3.8) is 0 Å². The van der Waals surface area contributed by atoms with Crippen molar-refractivity contribution < 1.29 is 9.59 Å². The predicted octanol–water partition coefficient (Wildman–Crippen LogP) is -0.141. The number of carbonyl (C=O) groups is 2. The zero-order chi connectivity index (χ0) is 12.3. The number of carbonyl (C=O) groups excluding carboxylic acids is 2. The average molecular weight is 237 g/mol. The Labute approximate surface area is 98.8 Å². The highest BCUT2D eigenvalue weighted by Crippen LogP contribution is 2.08. The number of hydrogen-bond acceptors (Lipinski definition) is 4. The first kappa shape index (κ1) is 11.6. The molecule has 17 heavy (non-hydrogen) atoms. The van der Waals surface area contributed by atoms with Crippen molar-refractivity contribution in [2.24, 2.45) is 0 Å². The monoisotopic (exact) mass is 237 g/mol. The molecule has 1 aliphatic rings. The van der Waals surface area contributed by atoms with Crippen LogP contribution >= 0.6 is 0 Å². The Hall–Kier alpha value is -1.92. The summed E-state index contributed by atoms with van der Waals surface area (Å²) in [4.78, 5) is 24.4. The Morgan fingerprint density at radius 3 is 2.76 bits per heavy atom. The summed E-state index contributed by atoms with van der Waals surface area (Å²) in [7, 11) is 0. The van der Waals surface area contributed by atoms with Gasteiger partial charge in [0.15, 0.2) is 5.82 Å². The molecule has 0 unspecified atom stereocenters. The van der Waals surface area contributed by atoms with Crippen LogP contribution in [0.5, 0.6) is 0 Å². The minimum Gasteiger partial charge on any atom is -0.341 e. The lowest BCUT2D eigenvalue weighted by molar-refractivity contribution is -0.131. The summed E-state index contributed by atoms with van der Waals surface area (Å²) in [6, 6.07) is 0. The predicted molar refractivity (Wildman–Crippen MR) is 60.1 cm³/mol. The van der Waals surface area contributed by atoms with E-state index in [9.17, 15) is 9.59 Å². The van der Waals surface area contributed by atoms with Crippen LogP contribution in [0.2, 0.25) is 0 Å². The molecule has 0 aromatic carbocycles. The van der Waals surface area contributed by atoms with Crippen molar-refractivity contribution in [3.05, 3.63) is 6.20 Å². The van der Waals surface area contributed by atoms with Crippen molar-refractivity contribution in [2.75, 3.05) is 18.4 Å². The number of nitrogens with one attached hydrogen (secondary N) is 1. The normalized spacial score (nSPS) is 15.0. The highest BCUT2D eigenvalue weighted by Gasteiger charge is 2.18. The summed E-state index contributed by atoms with van der Waals surface area (Å²) in [5, 5.41) is 10.0. The first-order chi connectivity index (χ1) is 8.15. The summed E-state index contributed by atoms with van der Waals surface area (Å²) in [5.41, 5.74) is 0. The van der Waals surface area contributed by atoms with Gasteiger partial charge >= 0.3 is 0 Å². The van der Waals surface area contributed by atoms with Gasteiger partial charge in [0.05, 0.1) is 6.20 Å². The summed E-state index contributed by atoms with van der Waals surface area (Å²) >= 11 is 0. The van der Waals surface area contributed by atoms with Crippen LogP contribution in [-0.2, 0) is 16.1 Å². The van der Waals surface area contributed by atoms with Crippen LogP contribution in [0.25, 0.3) is 0 Å². The van der Waals surface area contributed by atoms with E-state index in [-0.39, 0.29) is 18.4 Å². The van der Waals surface area contributed by atoms with Crippen molar-refractivity contribution >= 4 is 17.6 Å². The van der Waals surface area contributed by atoms with Crippen LogP contribution in [0.4, 0.5) is 5.82 Å². The van der Waals surface area contributed by atoms with Gasteiger partial charge in [0, 0.05) is 20.0 Å². The molecule has 0 radical (unpaired) electrons. The van der Waals surface area contributed by atoms with Gasteiger partial charge < -0.3 is 10.2 Å². The molecule has 2 rings (SSSR count). The minimum atomic E-state index is -0.206. The van der Waals surface area contributed by atoms with E-state index in [4.69, 9.17) is 0 Å². The van der Waals surface area contributed by atoms with Crippen LogP contribution < -0.4 is 5.32 Å². The average Bonchev–Trinajstić information content (AvgIpc) is 2.87. The Balaban J connectivity index is 1.91. The van der Waals surface area contributed by atoms with Gasteiger partial charge in [0.25, 0.3) is 0 Å². The molecule has 0 atom stereocenters. The molecule has 1 fully saturated rings. The molecule has 92 valence electrons. The van der Waals surface area contributed by atoms with E-state index in [0.717, 1.165) is 25.9 Å². The molecule has 0 saturated carbocycles. The molecule has 1 aromatic rings. The van der Waals surface area contributed by atoms with Gasteiger partial charge in [-0.3, -0.25) is 9.59 Å². The molecule has 1 aromatic heterocycles. The van der Waals surface area contributed by atoms with Crippen LogP contribution in [0.3, 0.4) is 0 Å². The largest absolute Gasteiger partial charge is 0.341 e. The first-order valence-electron chi connectivity index (χ1n) is 5.60. The Morgan fingerprint density at radius 1 is 1.41 bits per heavy atom. The van der Waals surface area contributed by atoms with E-state index >= 15 is 0 Å². The maximum atomic E-state index is 11.8. The molecule has 2 heterocycles. The fraction of sp³-hybridized carbons (Fsp3) is 0.600. The summed E-state index contributed by atoms with van der Waals surface area (Å²) < 4.78 is 1.44. The van der Waals surface area contributed by atoms with Crippen LogP contribution in [0.1, 0.15) is 19.8 Å². The van der Waals surface area contributed by atoms with Crippen LogP contribution in [-0.4, -0.2) is 44.8 Å². The summed E-state index contributed by atoms with van der Waals surface area (Å²) in [6.07, 6.45) is 3.69. The highest BCUT2D eigenvalue weighted by atomic mass is 16.2. The number of aromatic nitrogens is 3.